The van der Waals surface area contributed by atoms with E-state index in [1.807, 2.05) is 12.1 Å². The molecule has 1 aliphatic heterocycles. The monoisotopic (exact) mass is 425 g/mol. The average molecular weight is 426 g/mol. The van der Waals surface area contributed by atoms with Crippen molar-refractivity contribution in [3.63, 3.8) is 0 Å². The Morgan fingerprint density at radius 2 is 1.82 bits per heavy atom. The number of methoxy groups -OCH3 is 1. The van der Waals surface area contributed by atoms with E-state index in [0.717, 1.165) is 17.1 Å². The molecular weight excluding hydrogens is 402 g/mol. The SMILES string of the molecule is CO[C@@H]1O[C@H](c2ccc(C3CCCC3)cc2)[C@H](O)[C@H](O)[C@H]1Nc1nc(Cl)ns1. The molecule has 2 aromatic rings. The van der Waals surface area contributed by atoms with Crippen LogP contribution in [-0.2, 0) is 9.47 Å². The first-order valence-corrected chi connectivity index (χ1v) is 10.6. The van der Waals surface area contributed by atoms with Gasteiger partial charge < -0.3 is 25.0 Å². The zero-order valence-electron chi connectivity index (χ0n) is 15.5. The van der Waals surface area contributed by atoms with E-state index in [-0.39, 0.29) is 5.28 Å². The zero-order chi connectivity index (χ0) is 19.7. The molecule has 1 saturated heterocycles. The van der Waals surface area contributed by atoms with Gasteiger partial charge in [0.1, 0.15) is 24.4 Å². The van der Waals surface area contributed by atoms with E-state index in [9.17, 15) is 10.2 Å². The Hall–Kier alpha value is -1.29. The first-order valence-electron chi connectivity index (χ1n) is 9.47. The summed E-state index contributed by atoms with van der Waals surface area (Å²) in [6.07, 6.45) is 1.32. The lowest BCUT2D eigenvalue weighted by molar-refractivity contribution is -0.250. The number of aromatic nitrogens is 2. The molecule has 5 atom stereocenters. The summed E-state index contributed by atoms with van der Waals surface area (Å²) in [4.78, 5) is 4.02. The molecule has 0 bridgehead atoms. The standard InChI is InChI=1S/C19H24ClN3O4S/c1-26-17-13(21-19-22-18(20)23-28-19)14(24)15(25)16(27-17)12-8-6-11(7-9-12)10-4-2-3-5-10/h6-10,13-17,24-25H,2-5H2,1H3,(H,21,22,23)/t13-,14-,15-,16-,17-/m1/s1. The predicted octanol–water partition coefficient (Wildman–Crippen LogP) is 3.10. The topological polar surface area (TPSA) is 96.7 Å². The molecule has 28 heavy (non-hydrogen) atoms. The highest BCUT2D eigenvalue weighted by atomic mass is 35.5. The van der Waals surface area contributed by atoms with Crippen molar-refractivity contribution in [2.45, 2.75) is 62.2 Å². The predicted molar refractivity (Wildman–Crippen MR) is 107 cm³/mol. The van der Waals surface area contributed by atoms with E-state index >= 15 is 0 Å². The molecule has 0 unspecified atom stereocenters. The minimum Gasteiger partial charge on any atom is -0.388 e. The summed E-state index contributed by atoms with van der Waals surface area (Å²) in [5.74, 6) is 0.621. The van der Waals surface area contributed by atoms with E-state index < -0.39 is 30.6 Å². The van der Waals surface area contributed by atoms with Crippen LogP contribution in [0.1, 0.15) is 48.8 Å². The second-order valence-corrected chi connectivity index (χ2v) is 8.42. The third-order valence-electron chi connectivity index (χ3n) is 5.62. The molecule has 0 radical (unpaired) electrons. The number of hydrogen-bond acceptors (Lipinski definition) is 8. The van der Waals surface area contributed by atoms with Crippen LogP contribution in [0.4, 0.5) is 5.13 Å². The highest BCUT2D eigenvalue weighted by molar-refractivity contribution is 7.09. The van der Waals surface area contributed by atoms with E-state index in [1.165, 1.54) is 38.4 Å². The Labute approximate surface area is 172 Å². The highest BCUT2D eigenvalue weighted by Crippen LogP contribution is 2.37. The number of hydrogen-bond donors (Lipinski definition) is 3. The summed E-state index contributed by atoms with van der Waals surface area (Å²) in [6, 6.07) is 7.43. The first-order chi connectivity index (χ1) is 13.6. The van der Waals surface area contributed by atoms with Crippen LogP contribution >= 0.6 is 23.1 Å². The molecule has 1 aliphatic carbocycles. The number of benzene rings is 1. The maximum absolute atomic E-state index is 10.7. The molecule has 2 fully saturated rings. The van der Waals surface area contributed by atoms with Gasteiger partial charge in [-0.25, -0.2) is 0 Å². The Balaban J connectivity index is 1.50. The maximum atomic E-state index is 10.7. The van der Waals surface area contributed by atoms with Crippen molar-refractivity contribution in [1.29, 1.82) is 0 Å². The minimum absolute atomic E-state index is 0.119. The van der Waals surface area contributed by atoms with Crippen LogP contribution in [0.5, 0.6) is 0 Å². The van der Waals surface area contributed by atoms with Gasteiger partial charge in [-0.15, -0.1) is 0 Å². The molecule has 1 aromatic heterocycles. The van der Waals surface area contributed by atoms with Crippen molar-refractivity contribution in [3.05, 3.63) is 40.7 Å². The van der Waals surface area contributed by atoms with Crippen molar-refractivity contribution >= 4 is 28.3 Å². The lowest BCUT2D eigenvalue weighted by Gasteiger charge is -2.42. The third-order valence-corrected chi connectivity index (χ3v) is 6.53. The largest absolute Gasteiger partial charge is 0.388 e. The van der Waals surface area contributed by atoms with Gasteiger partial charge in [-0.05, 0) is 41.5 Å². The van der Waals surface area contributed by atoms with Crippen molar-refractivity contribution < 1.29 is 19.7 Å². The van der Waals surface area contributed by atoms with Gasteiger partial charge in [-0.2, -0.15) is 9.36 Å². The molecule has 2 heterocycles. The number of anilines is 1. The summed E-state index contributed by atoms with van der Waals surface area (Å²) >= 11 is 6.81. The van der Waals surface area contributed by atoms with Gasteiger partial charge in [0.05, 0.1) is 0 Å². The van der Waals surface area contributed by atoms with Crippen LogP contribution in [0.3, 0.4) is 0 Å². The van der Waals surface area contributed by atoms with Crippen LogP contribution < -0.4 is 5.32 Å². The fourth-order valence-electron chi connectivity index (χ4n) is 4.12. The summed E-state index contributed by atoms with van der Waals surface area (Å²) in [5, 5.41) is 25.0. The fraction of sp³-hybridized carbons (Fsp3) is 0.579. The highest BCUT2D eigenvalue weighted by Gasteiger charge is 2.45. The van der Waals surface area contributed by atoms with Gasteiger partial charge in [0.15, 0.2) is 6.29 Å². The Morgan fingerprint density at radius 1 is 1.14 bits per heavy atom. The number of rotatable bonds is 5. The molecule has 0 amide bonds. The number of ether oxygens (including phenoxy) is 2. The van der Waals surface area contributed by atoms with Crippen LogP contribution in [-0.4, -0.2) is 51.2 Å². The normalized spacial score (nSPS) is 31.2. The summed E-state index contributed by atoms with van der Waals surface area (Å²) in [7, 11) is 1.50. The van der Waals surface area contributed by atoms with Gasteiger partial charge in [0, 0.05) is 18.6 Å². The van der Waals surface area contributed by atoms with E-state index in [4.69, 9.17) is 21.1 Å². The van der Waals surface area contributed by atoms with Crippen LogP contribution in [0, 0.1) is 0 Å². The fourth-order valence-corrected chi connectivity index (χ4v) is 4.87. The summed E-state index contributed by atoms with van der Waals surface area (Å²) in [5.41, 5.74) is 2.14. The lowest BCUT2D eigenvalue weighted by atomic mass is 9.90. The first kappa shape index (κ1) is 20.0. The Kier molecular flexibility index (Phi) is 6.15. The Bertz CT molecular complexity index is 782. The van der Waals surface area contributed by atoms with Crippen LogP contribution in [0.2, 0.25) is 5.28 Å². The lowest BCUT2D eigenvalue weighted by Crippen LogP contribution is -2.57. The summed E-state index contributed by atoms with van der Waals surface area (Å²) in [6.45, 7) is 0. The third kappa shape index (κ3) is 4.03. The van der Waals surface area contributed by atoms with Crippen LogP contribution in [0.15, 0.2) is 24.3 Å². The van der Waals surface area contributed by atoms with Gasteiger partial charge >= 0.3 is 0 Å². The average Bonchev–Trinajstić information content (AvgIpc) is 3.38. The van der Waals surface area contributed by atoms with Crippen molar-refractivity contribution in [2.24, 2.45) is 0 Å². The molecule has 7 nitrogen and oxygen atoms in total. The maximum Gasteiger partial charge on any atom is 0.236 e. The number of aliphatic hydroxyl groups is 2. The number of nitrogens with one attached hydrogen (secondary N) is 1. The van der Waals surface area contributed by atoms with E-state index in [1.54, 1.807) is 0 Å². The second-order valence-electron chi connectivity index (χ2n) is 7.33. The van der Waals surface area contributed by atoms with Gasteiger partial charge in [0.25, 0.3) is 0 Å². The smallest absolute Gasteiger partial charge is 0.236 e. The van der Waals surface area contributed by atoms with Gasteiger partial charge in [-0.3, -0.25) is 0 Å². The minimum atomic E-state index is -1.12. The van der Waals surface area contributed by atoms with Crippen LogP contribution in [0.25, 0.3) is 0 Å². The quantitative estimate of drug-likeness (QED) is 0.677. The molecule has 9 heteroatoms. The molecule has 1 saturated carbocycles. The second kappa shape index (κ2) is 8.61. The molecule has 2 aliphatic rings. The molecule has 3 N–H and O–H groups in total. The number of nitrogens with zero attached hydrogens (tertiary/aromatic N) is 2. The Morgan fingerprint density at radius 3 is 2.43 bits per heavy atom. The van der Waals surface area contributed by atoms with Gasteiger partial charge in [0.2, 0.25) is 10.4 Å². The molecule has 4 rings (SSSR count). The molecule has 0 spiro atoms. The van der Waals surface area contributed by atoms with Crippen molar-refractivity contribution in [2.75, 3.05) is 12.4 Å². The molecular formula is C19H24ClN3O4S. The van der Waals surface area contributed by atoms with Crippen molar-refractivity contribution in [1.82, 2.24) is 9.36 Å². The van der Waals surface area contributed by atoms with Crippen molar-refractivity contribution in [3.8, 4) is 0 Å². The summed E-state index contributed by atoms with van der Waals surface area (Å²) < 4.78 is 15.3. The number of halogens is 1. The van der Waals surface area contributed by atoms with E-state index in [2.05, 4.69) is 26.8 Å². The van der Waals surface area contributed by atoms with E-state index in [0.29, 0.717) is 11.0 Å². The molecule has 152 valence electrons. The molecule has 1 aromatic carbocycles. The zero-order valence-corrected chi connectivity index (χ0v) is 17.1. The van der Waals surface area contributed by atoms with Gasteiger partial charge in [-0.1, -0.05) is 37.1 Å². The number of aliphatic hydroxyl groups excluding tert-OH is 2.